The zero-order valence-electron chi connectivity index (χ0n) is 29.2. The molecule has 5 N–H and O–H groups in total. The molecule has 2 aliphatic rings. The maximum atomic E-state index is 13.2. The van der Waals surface area contributed by atoms with Gasteiger partial charge in [-0.05, 0) is 0 Å². The quantitative estimate of drug-likeness (QED) is 0.0768. The third-order valence-electron chi connectivity index (χ3n) is 7.37. The van der Waals surface area contributed by atoms with Crippen molar-refractivity contribution >= 4 is 56.7 Å². The summed E-state index contributed by atoms with van der Waals surface area (Å²) in [4.78, 5) is 92.5. The third kappa shape index (κ3) is 11.2. The summed E-state index contributed by atoms with van der Waals surface area (Å²) in [7, 11) is -11.7. The maximum Gasteiger partial charge on any atom is 0.483 e. The summed E-state index contributed by atoms with van der Waals surface area (Å²) in [6.45, 7) is 2.65. The van der Waals surface area contributed by atoms with Crippen LogP contribution in [0.5, 0.6) is 5.88 Å². The van der Waals surface area contributed by atoms with Gasteiger partial charge in [0.15, 0.2) is 41.8 Å². The number of imidazole rings is 1. The Morgan fingerprint density at radius 3 is 2.04 bits per heavy atom. The summed E-state index contributed by atoms with van der Waals surface area (Å²) in [5.74, 6) is -5.71. The first-order valence-electron chi connectivity index (χ1n) is 15.6. The number of carbonyl (C=O) groups is 5. The van der Waals surface area contributed by atoms with Gasteiger partial charge in [0.1, 0.15) is 37.4 Å². The van der Waals surface area contributed by atoms with Crippen LogP contribution in [0.15, 0.2) is 12.7 Å². The Hall–Kier alpha value is -4.20. The molecule has 0 bridgehead atoms. The molecule has 28 heteroatoms. The lowest BCUT2D eigenvalue weighted by atomic mass is 9.94. The number of fused-ring (bicyclic) bond motifs is 1. The van der Waals surface area contributed by atoms with Crippen LogP contribution < -0.4 is 0 Å². The lowest BCUT2D eigenvalue weighted by Gasteiger charge is -2.45. The van der Waals surface area contributed by atoms with Crippen molar-refractivity contribution in [2.24, 2.45) is 0 Å². The van der Waals surface area contributed by atoms with Crippen molar-refractivity contribution in [1.29, 1.82) is 0 Å². The van der Waals surface area contributed by atoms with Gasteiger partial charge in [0.05, 0.1) is 12.9 Å². The Bertz CT molecular complexity index is 1860. The first-order valence-corrected chi connectivity index (χ1v) is 18.6. The summed E-state index contributed by atoms with van der Waals surface area (Å²) in [5, 5.41) is 31.1. The van der Waals surface area contributed by atoms with Crippen LogP contribution in [0.25, 0.3) is 11.2 Å². The van der Waals surface area contributed by atoms with Gasteiger partial charge in [-0.1, -0.05) is 0 Å². The minimum Gasteiger partial charge on any atom is -0.492 e. The molecule has 0 radical (unpaired) electrons. The van der Waals surface area contributed by atoms with E-state index in [1.54, 1.807) is 0 Å². The van der Waals surface area contributed by atoms with Gasteiger partial charge in [-0.3, -0.25) is 37.6 Å². The predicted octanol–water partition coefficient (Wildman–Crippen LogP) is -1.58. The fourth-order valence-corrected chi connectivity index (χ4v) is 7.54. The molecule has 2 saturated heterocycles. The molecule has 0 spiro atoms. The number of aromatic hydroxyl groups is 1. The van der Waals surface area contributed by atoms with Crippen molar-refractivity contribution in [3.8, 4) is 5.88 Å². The van der Waals surface area contributed by atoms with Crippen LogP contribution in [0, 0.1) is 0 Å². The SMILES string of the molecule is CC(=O)OC[C@@H](OC(C)=O)C1OC(OP(=O)(O)OP(=O)(O)OCC2OC(n3cnc4c(O)ncnc43)C(O)C2O)C(OC(C)=O)C(OC(C)=O)C1OC(C)=O. The standard InChI is InChI=1S/C27H36N4O22P2/c1-10(32)44-6-16(46-11(2)33)20-21(47-12(3)34)22(48-13(4)35)23(49-14(5)36)27(51-20)52-55(42,43)53-54(40,41)45-7-15-18(37)19(38)26(50-15)31-9-30-17-24(31)28-8-29-25(17)39/h8-9,15-16,18-23,26-27,37-38H,6-7H2,1-5H3,(H,40,41)(H,42,43)(H,28,29,39)/t15?,16-,18?,19?,20?,21?,22?,23?,26?,27?/m1/s1. The molecule has 2 fully saturated rings. The summed E-state index contributed by atoms with van der Waals surface area (Å²) in [5.41, 5.74) is -0.115. The minimum absolute atomic E-state index is 0.0280. The van der Waals surface area contributed by atoms with Crippen molar-refractivity contribution in [2.45, 2.75) is 96.0 Å². The molecule has 0 aromatic carbocycles. The van der Waals surface area contributed by atoms with Crippen molar-refractivity contribution < 1.29 is 105 Å². The van der Waals surface area contributed by atoms with E-state index in [0.717, 1.165) is 51.8 Å². The minimum atomic E-state index is -5.96. The molecular weight excluding hydrogens is 794 g/mol. The largest absolute Gasteiger partial charge is 0.492 e. The summed E-state index contributed by atoms with van der Waals surface area (Å²) < 4.78 is 78.2. The van der Waals surface area contributed by atoms with Crippen LogP contribution in [0.2, 0.25) is 0 Å². The highest BCUT2D eigenvalue weighted by Crippen LogP contribution is 2.61. The van der Waals surface area contributed by atoms with Gasteiger partial charge < -0.3 is 58.3 Å². The Morgan fingerprint density at radius 1 is 0.818 bits per heavy atom. The molecule has 0 saturated carbocycles. The molecule has 306 valence electrons. The van der Waals surface area contributed by atoms with Gasteiger partial charge in [-0.15, -0.1) is 0 Å². The van der Waals surface area contributed by atoms with E-state index >= 15 is 0 Å². The number of aliphatic hydroxyl groups is 2. The highest BCUT2D eigenvalue weighted by molar-refractivity contribution is 7.61. The van der Waals surface area contributed by atoms with E-state index in [9.17, 15) is 58.2 Å². The van der Waals surface area contributed by atoms with Crippen molar-refractivity contribution in [3.63, 3.8) is 0 Å². The average molecular weight is 831 g/mol. The summed E-state index contributed by atoms with van der Waals surface area (Å²) >= 11 is 0. The number of carbonyl (C=O) groups excluding carboxylic acids is 5. The maximum absolute atomic E-state index is 13.2. The number of ether oxygens (including phenoxy) is 7. The van der Waals surface area contributed by atoms with Crippen LogP contribution in [0.1, 0.15) is 40.8 Å². The first-order chi connectivity index (χ1) is 25.6. The lowest BCUT2D eigenvalue weighted by Crippen LogP contribution is -2.65. The van der Waals surface area contributed by atoms with Gasteiger partial charge in [0.25, 0.3) is 0 Å². The molecule has 0 aliphatic carbocycles. The van der Waals surface area contributed by atoms with Crippen LogP contribution >= 0.6 is 15.6 Å². The fourth-order valence-electron chi connectivity index (χ4n) is 5.39. The molecule has 2 aromatic rings. The molecule has 55 heavy (non-hydrogen) atoms. The number of phosphoric acid groups is 2. The smallest absolute Gasteiger partial charge is 0.483 e. The Balaban J connectivity index is 1.57. The number of hydrogen-bond donors (Lipinski definition) is 5. The molecule has 4 heterocycles. The molecule has 0 amide bonds. The van der Waals surface area contributed by atoms with E-state index in [2.05, 4.69) is 19.3 Å². The highest BCUT2D eigenvalue weighted by Gasteiger charge is 2.57. The second kappa shape index (κ2) is 17.7. The van der Waals surface area contributed by atoms with E-state index in [1.165, 1.54) is 0 Å². The van der Waals surface area contributed by atoms with Gasteiger partial charge in [0.2, 0.25) is 12.2 Å². The summed E-state index contributed by atoms with van der Waals surface area (Å²) in [6.07, 6.45) is -16.6. The van der Waals surface area contributed by atoms with Crippen molar-refractivity contribution in [1.82, 2.24) is 19.5 Å². The Labute approximate surface area is 308 Å². The van der Waals surface area contributed by atoms with E-state index in [0.29, 0.717) is 0 Å². The zero-order chi connectivity index (χ0) is 41.0. The Kier molecular flexibility index (Phi) is 14.0. The average Bonchev–Trinajstić information content (AvgIpc) is 3.60. The van der Waals surface area contributed by atoms with Gasteiger partial charge in [0, 0.05) is 34.6 Å². The van der Waals surface area contributed by atoms with Crippen LogP contribution in [0.4, 0.5) is 0 Å². The van der Waals surface area contributed by atoms with Crippen LogP contribution in [-0.2, 0) is 79.6 Å². The molecule has 12 atom stereocenters. The van der Waals surface area contributed by atoms with E-state index in [1.807, 2.05) is 0 Å². The zero-order valence-corrected chi connectivity index (χ0v) is 31.0. The van der Waals surface area contributed by atoms with E-state index < -0.39 is 126 Å². The number of rotatable bonds is 15. The molecule has 2 aromatic heterocycles. The molecular formula is C27H36N4O22P2. The number of hydrogen-bond acceptors (Lipinski definition) is 23. The van der Waals surface area contributed by atoms with Gasteiger partial charge in [-0.25, -0.2) is 19.1 Å². The van der Waals surface area contributed by atoms with Crippen molar-refractivity contribution in [2.75, 3.05) is 13.2 Å². The predicted molar refractivity (Wildman–Crippen MR) is 168 cm³/mol. The molecule has 26 nitrogen and oxygen atoms in total. The monoisotopic (exact) mass is 830 g/mol. The number of esters is 5. The fraction of sp³-hybridized carbons (Fsp3) is 0.630. The second-order valence-electron chi connectivity index (χ2n) is 11.6. The number of nitrogens with zero attached hydrogens (tertiary/aromatic N) is 4. The van der Waals surface area contributed by atoms with Gasteiger partial charge in [-0.2, -0.15) is 9.29 Å². The number of phosphoric ester groups is 2. The van der Waals surface area contributed by atoms with E-state index in [4.69, 9.17) is 42.2 Å². The Morgan fingerprint density at radius 2 is 1.44 bits per heavy atom. The number of aliphatic hydroxyl groups excluding tert-OH is 2. The summed E-state index contributed by atoms with van der Waals surface area (Å²) in [6, 6.07) is 0. The van der Waals surface area contributed by atoms with Crippen LogP contribution in [-0.4, -0.2) is 143 Å². The van der Waals surface area contributed by atoms with Gasteiger partial charge >= 0.3 is 45.5 Å². The molecule has 2 aliphatic heterocycles. The van der Waals surface area contributed by atoms with Crippen LogP contribution in [0.3, 0.4) is 0 Å². The normalized spacial score (nSPS) is 29.3. The topological polar surface area (TPSA) is 357 Å². The molecule has 4 rings (SSSR count). The molecule has 11 unspecified atom stereocenters. The van der Waals surface area contributed by atoms with Crippen molar-refractivity contribution in [3.05, 3.63) is 12.7 Å². The highest BCUT2D eigenvalue weighted by atomic mass is 31.3. The van der Waals surface area contributed by atoms with E-state index in [-0.39, 0.29) is 11.2 Å². The second-order valence-corrected chi connectivity index (χ2v) is 14.6. The number of aromatic nitrogens is 4. The first kappa shape index (κ1) is 43.5. The lowest BCUT2D eigenvalue weighted by molar-refractivity contribution is -0.301. The third-order valence-corrected chi connectivity index (χ3v) is 9.97.